The highest BCUT2D eigenvalue weighted by Crippen LogP contribution is 2.60. The van der Waals surface area contributed by atoms with Gasteiger partial charge in [0.1, 0.15) is 6.04 Å². The van der Waals surface area contributed by atoms with Gasteiger partial charge in [0.2, 0.25) is 11.8 Å². The van der Waals surface area contributed by atoms with Crippen LogP contribution in [0.2, 0.25) is 0 Å². The van der Waals surface area contributed by atoms with Gasteiger partial charge in [-0.2, -0.15) is 0 Å². The molecule has 0 spiro atoms. The summed E-state index contributed by atoms with van der Waals surface area (Å²) in [6.07, 6.45) is 7.35. The second-order valence-electron chi connectivity index (χ2n) is 10.3. The van der Waals surface area contributed by atoms with Crippen molar-refractivity contribution in [1.82, 2.24) is 10.6 Å². The van der Waals surface area contributed by atoms with Gasteiger partial charge in [-0.3, -0.25) is 9.59 Å². The molecule has 30 heavy (non-hydrogen) atoms. The Labute approximate surface area is 178 Å². The van der Waals surface area contributed by atoms with Crippen LogP contribution in [0.3, 0.4) is 0 Å². The highest BCUT2D eigenvalue weighted by Gasteiger charge is 2.55. The van der Waals surface area contributed by atoms with E-state index in [0.717, 1.165) is 24.8 Å². The van der Waals surface area contributed by atoms with Gasteiger partial charge in [0.25, 0.3) is 0 Å². The van der Waals surface area contributed by atoms with Gasteiger partial charge in [0.15, 0.2) is 11.5 Å². The highest BCUT2D eigenvalue weighted by molar-refractivity contribution is 5.90. The molecule has 6 heteroatoms. The zero-order valence-corrected chi connectivity index (χ0v) is 18.0. The van der Waals surface area contributed by atoms with Crippen molar-refractivity contribution in [2.45, 2.75) is 64.8 Å². The van der Waals surface area contributed by atoms with E-state index in [2.05, 4.69) is 10.6 Å². The van der Waals surface area contributed by atoms with Gasteiger partial charge in [-0.25, -0.2) is 0 Å². The molecular formula is C24H34N2O4. The van der Waals surface area contributed by atoms with Crippen LogP contribution in [-0.2, 0) is 16.0 Å². The first-order chi connectivity index (χ1) is 14.3. The molecule has 6 nitrogen and oxygen atoms in total. The molecule has 1 aromatic carbocycles. The Morgan fingerprint density at radius 1 is 1.03 bits per heavy atom. The third kappa shape index (κ3) is 4.14. The second-order valence-corrected chi connectivity index (χ2v) is 10.3. The molecule has 4 saturated carbocycles. The van der Waals surface area contributed by atoms with Crippen LogP contribution in [-0.4, -0.2) is 34.6 Å². The normalized spacial score (nSPS) is 30.3. The van der Waals surface area contributed by atoms with Crippen molar-refractivity contribution in [3.63, 3.8) is 0 Å². The van der Waals surface area contributed by atoms with Crippen LogP contribution in [0, 0.1) is 29.1 Å². The largest absolute Gasteiger partial charge is 0.504 e. The molecule has 0 saturated heterocycles. The van der Waals surface area contributed by atoms with Crippen molar-refractivity contribution in [1.29, 1.82) is 0 Å². The molecule has 0 aromatic heterocycles. The molecule has 1 atom stereocenters. The Hall–Kier alpha value is -2.24. The summed E-state index contributed by atoms with van der Waals surface area (Å²) in [6.45, 7) is 4.32. The number of benzene rings is 1. The number of hydrogen-bond donors (Lipinski definition) is 4. The summed E-state index contributed by atoms with van der Waals surface area (Å²) in [6, 6.07) is 4.11. The van der Waals surface area contributed by atoms with Gasteiger partial charge in [-0.1, -0.05) is 19.9 Å². The van der Waals surface area contributed by atoms with Gasteiger partial charge in [0, 0.05) is 12.0 Å². The van der Waals surface area contributed by atoms with Gasteiger partial charge in [-0.05, 0) is 86.3 Å². The molecule has 0 heterocycles. The molecule has 4 aliphatic rings. The van der Waals surface area contributed by atoms with Gasteiger partial charge in [-0.15, -0.1) is 0 Å². The fourth-order valence-electron chi connectivity index (χ4n) is 6.38. The maximum atomic E-state index is 13.3. The molecule has 2 amide bonds. The lowest BCUT2D eigenvalue weighted by molar-refractivity contribution is -0.149. The first kappa shape index (κ1) is 21.0. The average molecular weight is 415 g/mol. The number of rotatable bonds is 7. The van der Waals surface area contributed by atoms with Crippen LogP contribution in [0.15, 0.2) is 18.2 Å². The Bertz CT molecular complexity index is 784. The van der Waals surface area contributed by atoms with Crippen LogP contribution in [0.25, 0.3) is 0 Å². The molecule has 5 rings (SSSR count). The van der Waals surface area contributed by atoms with E-state index in [1.807, 2.05) is 13.8 Å². The maximum Gasteiger partial charge on any atom is 0.242 e. The molecule has 1 unspecified atom stereocenters. The van der Waals surface area contributed by atoms with Crippen molar-refractivity contribution in [3.05, 3.63) is 23.8 Å². The fourth-order valence-corrected chi connectivity index (χ4v) is 6.38. The maximum absolute atomic E-state index is 13.3. The van der Waals surface area contributed by atoms with Crippen molar-refractivity contribution in [2.75, 3.05) is 6.54 Å². The van der Waals surface area contributed by atoms with Crippen molar-refractivity contribution < 1.29 is 19.8 Å². The predicted octanol–water partition coefficient (Wildman–Crippen LogP) is 3.11. The van der Waals surface area contributed by atoms with Crippen LogP contribution < -0.4 is 10.6 Å². The zero-order valence-electron chi connectivity index (χ0n) is 18.0. The minimum Gasteiger partial charge on any atom is -0.504 e. The zero-order chi connectivity index (χ0) is 21.5. The number of phenolic OH excluding ortho intramolecular Hbond substituents is 2. The van der Waals surface area contributed by atoms with E-state index in [-0.39, 0.29) is 34.6 Å². The molecule has 0 aliphatic heterocycles. The summed E-state index contributed by atoms with van der Waals surface area (Å²) in [5.41, 5.74) is 0.565. The third-order valence-electron chi connectivity index (χ3n) is 7.51. The number of amides is 2. The minimum atomic E-state index is -0.543. The Balaban J connectivity index is 1.34. The summed E-state index contributed by atoms with van der Waals surface area (Å²) < 4.78 is 0. The first-order valence-electron chi connectivity index (χ1n) is 11.4. The predicted molar refractivity (Wildman–Crippen MR) is 114 cm³/mol. The molecule has 1 aromatic rings. The molecule has 0 radical (unpaired) electrons. The summed E-state index contributed by atoms with van der Waals surface area (Å²) in [7, 11) is 0. The van der Waals surface area contributed by atoms with Crippen LogP contribution in [0.1, 0.15) is 57.9 Å². The van der Waals surface area contributed by atoms with E-state index < -0.39 is 6.04 Å². The van der Waals surface area contributed by atoms with E-state index in [1.54, 1.807) is 6.07 Å². The van der Waals surface area contributed by atoms with E-state index in [1.165, 1.54) is 31.4 Å². The van der Waals surface area contributed by atoms with Crippen LogP contribution in [0.5, 0.6) is 11.5 Å². The number of aromatic hydroxyl groups is 2. The number of hydrogen-bond acceptors (Lipinski definition) is 4. The van der Waals surface area contributed by atoms with E-state index >= 15 is 0 Å². The van der Waals surface area contributed by atoms with Crippen LogP contribution in [0.4, 0.5) is 0 Å². The van der Waals surface area contributed by atoms with Gasteiger partial charge >= 0.3 is 0 Å². The molecule has 4 N–H and O–H groups in total. The monoisotopic (exact) mass is 414 g/mol. The SMILES string of the molecule is CC(C)C(NC(=O)C12CC3CC(CC(C3)C1)C2)C(=O)NCCc1ccc(O)c(O)c1. The first-order valence-corrected chi connectivity index (χ1v) is 11.4. The lowest BCUT2D eigenvalue weighted by Gasteiger charge is -2.55. The molecule has 4 aliphatic carbocycles. The average Bonchev–Trinajstić information content (AvgIpc) is 2.67. The molecule has 4 bridgehead atoms. The smallest absolute Gasteiger partial charge is 0.242 e. The summed E-state index contributed by atoms with van der Waals surface area (Å²) >= 11 is 0. The number of phenols is 2. The fraction of sp³-hybridized carbons (Fsp3) is 0.667. The molecule has 4 fully saturated rings. The van der Waals surface area contributed by atoms with E-state index in [9.17, 15) is 19.8 Å². The van der Waals surface area contributed by atoms with E-state index in [4.69, 9.17) is 0 Å². The Morgan fingerprint density at radius 2 is 1.63 bits per heavy atom. The second kappa shape index (κ2) is 8.12. The Kier molecular flexibility index (Phi) is 5.69. The van der Waals surface area contributed by atoms with E-state index in [0.29, 0.717) is 30.7 Å². The highest BCUT2D eigenvalue weighted by atomic mass is 16.3. The third-order valence-corrected chi connectivity index (χ3v) is 7.51. The number of nitrogens with one attached hydrogen (secondary N) is 2. The lowest BCUT2D eigenvalue weighted by atomic mass is 9.49. The van der Waals surface area contributed by atoms with Crippen molar-refractivity contribution in [2.24, 2.45) is 29.1 Å². The van der Waals surface area contributed by atoms with Gasteiger partial charge < -0.3 is 20.8 Å². The van der Waals surface area contributed by atoms with Crippen molar-refractivity contribution in [3.8, 4) is 11.5 Å². The summed E-state index contributed by atoms with van der Waals surface area (Å²) in [5, 5.41) is 25.0. The van der Waals surface area contributed by atoms with Gasteiger partial charge in [0.05, 0.1) is 0 Å². The topological polar surface area (TPSA) is 98.7 Å². The summed E-state index contributed by atoms with van der Waals surface area (Å²) in [4.78, 5) is 26.2. The molecular weight excluding hydrogens is 380 g/mol. The summed E-state index contributed by atoms with van der Waals surface area (Å²) in [5.74, 6) is 1.67. The lowest BCUT2D eigenvalue weighted by Crippen LogP contribution is -2.58. The standard InChI is InChI=1S/C24H34N2O4/c1-14(2)21(22(29)25-6-5-15-3-4-19(27)20(28)10-15)26-23(30)24-11-16-7-17(12-24)9-18(8-16)13-24/h3-4,10,14,16-18,21,27-28H,5-9,11-13H2,1-2H3,(H,25,29)(H,26,30). The number of carbonyl (C=O) groups excluding carboxylic acids is 2. The van der Waals surface area contributed by atoms with Crippen molar-refractivity contribution >= 4 is 11.8 Å². The number of carbonyl (C=O) groups is 2. The minimum absolute atomic E-state index is 0.000536. The van der Waals surface area contributed by atoms with Crippen LogP contribution >= 0.6 is 0 Å². The molecule has 164 valence electrons. The quantitative estimate of drug-likeness (QED) is 0.515. The Morgan fingerprint density at radius 3 is 2.17 bits per heavy atom.